The van der Waals surface area contributed by atoms with Crippen molar-refractivity contribution < 1.29 is 0 Å². The Hall–Kier alpha value is -0.380. The molecule has 0 amide bonds. The predicted octanol–water partition coefficient (Wildman–Crippen LogP) is 3.27. The number of rotatable bonds is 7. The zero-order valence-corrected chi connectivity index (χ0v) is 12.3. The van der Waals surface area contributed by atoms with E-state index in [1.165, 1.54) is 5.56 Å². The smallest absolute Gasteiger partial charge is 0.0452 e. The Bertz CT molecular complexity index is 285. The van der Waals surface area contributed by atoms with Crippen LogP contribution in [0.1, 0.15) is 39.3 Å². The van der Waals surface area contributed by atoms with E-state index in [1.807, 2.05) is 0 Å². The predicted molar refractivity (Wildman–Crippen MR) is 77.3 cm³/mol. The molecule has 0 radical (unpaired) electrons. The molecule has 1 aromatic rings. The second-order valence-corrected chi connectivity index (χ2v) is 6.19. The van der Waals surface area contributed by atoms with Gasteiger partial charge in [-0.1, -0.05) is 27.7 Å². The van der Waals surface area contributed by atoms with E-state index in [0.717, 1.165) is 6.54 Å². The summed E-state index contributed by atoms with van der Waals surface area (Å²) in [5.41, 5.74) is 7.17. The van der Waals surface area contributed by atoms with E-state index >= 15 is 0 Å². The molecule has 17 heavy (non-hydrogen) atoms. The molecule has 2 nitrogen and oxygen atoms in total. The lowest BCUT2D eigenvalue weighted by Crippen LogP contribution is -2.35. The highest BCUT2D eigenvalue weighted by Crippen LogP contribution is 2.21. The molecular formula is C14H26N2S. The summed E-state index contributed by atoms with van der Waals surface area (Å²) in [5, 5.41) is 7.91. The maximum atomic E-state index is 5.84. The molecule has 0 aliphatic heterocycles. The molecule has 1 heterocycles. The molecule has 1 aromatic heterocycles. The van der Waals surface area contributed by atoms with Gasteiger partial charge in [-0.2, -0.15) is 11.3 Å². The highest BCUT2D eigenvalue weighted by molar-refractivity contribution is 7.07. The fourth-order valence-corrected chi connectivity index (χ4v) is 3.04. The van der Waals surface area contributed by atoms with Crippen LogP contribution < -0.4 is 11.1 Å². The van der Waals surface area contributed by atoms with E-state index in [0.29, 0.717) is 30.3 Å². The van der Waals surface area contributed by atoms with Crippen LogP contribution in [-0.2, 0) is 0 Å². The minimum atomic E-state index is 0.307. The van der Waals surface area contributed by atoms with Crippen LogP contribution in [0, 0.1) is 17.8 Å². The standard InChI is InChI=1S/C14H26N2S/c1-10(2)13(11(3)4)8-16-14(7-15)12-5-6-17-9-12/h5-6,9-11,13-14,16H,7-8,15H2,1-4H3. The Morgan fingerprint density at radius 1 is 1.24 bits per heavy atom. The van der Waals surface area contributed by atoms with Gasteiger partial charge in [0.2, 0.25) is 0 Å². The fourth-order valence-electron chi connectivity index (χ4n) is 2.33. The Morgan fingerprint density at radius 3 is 2.29 bits per heavy atom. The summed E-state index contributed by atoms with van der Waals surface area (Å²) in [6, 6.07) is 2.47. The molecule has 0 bridgehead atoms. The molecule has 3 heteroatoms. The first-order valence-electron chi connectivity index (χ1n) is 6.51. The number of hydrogen-bond acceptors (Lipinski definition) is 3. The van der Waals surface area contributed by atoms with Gasteiger partial charge in [-0.15, -0.1) is 0 Å². The van der Waals surface area contributed by atoms with Gasteiger partial charge in [0.25, 0.3) is 0 Å². The zero-order chi connectivity index (χ0) is 12.8. The molecule has 0 spiro atoms. The summed E-state index contributed by atoms with van der Waals surface area (Å²) in [5.74, 6) is 2.13. The van der Waals surface area contributed by atoms with Gasteiger partial charge in [0, 0.05) is 12.6 Å². The largest absolute Gasteiger partial charge is 0.329 e. The van der Waals surface area contributed by atoms with E-state index in [-0.39, 0.29) is 0 Å². The first-order valence-corrected chi connectivity index (χ1v) is 7.46. The SMILES string of the molecule is CC(C)C(CNC(CN)c1ccsc1)C(C)C. The third-order valence-corrected chi connectivity index (χ3v) is 4.20. The monoisotopic (exact) mass is 254 g/mol. The van der Waals surface area contributed by atoms with Crippen molar-refractivity contribution in [1.29, 1.82) is 0 Å². The van der Waals surface area contributed by atoms with Gasteiger partial charge in [-0.25, -0.2) is 0 Å². The molecule has 0 saturated carbocycles. The second-order valence-electron chi connectivity index (χ2n) is 5.41. The first kappa shape index (κ1) is 14.7. The van der Waals surface area contributed by atoms with Crippen molar-refractivity contribution in [3.63, 3.8) is 0 Å². The molecule has 0 aromatic carbocycles. The zero-order valence-electron chi connectivity index (χ0n) is 11.4. The van der Waals surface area contributed by atoms with Gasteiger partial charge in [0.05, 0.1) is 0 Å². The van der Waals surface area contributed by atoms with Crippen LogP contribution in [0.5, 0.6) is 0 Å². The molecule has 0 fully saturated rings. The lowest BCUT2D eigenvalue weighted by atomic mass is 9.85. The Kier molecular flexibility index (Phi) is 6.17. The lowest BCUT2D eigenvalue weighted by Gasteiger charge is -2.27. The molecule has 98 valence electrons. The van der Waals surface area contributed by atoms with Crippen LogP contribution in [0.3, 0.4) is 0 Å². The molecule has 1 atom stereocenters. The molecule has 0 aliphatic rings. The van der Waals surface area contributed by atoms with Crippen molar-refractivity contribution in [3.8, 4) is 0 Å². The molecular weight excluding hydrogens is 228 g/mol. The summed E-state index contributed by atoms with van der Waals surface area (Å²) >= 11 is 1.73. The van der Waals surface area contributed by atoms with Gasteiger partial charge >= 0.3 is 0 Å². The van der Waals surface area contributed by atoms with Gasteiger partial charge < -0.3 is 11.1 Å². The van der Waals surface area contributed by atoms with Crippen molar-refractivity contribution in [2.24, 2.45) is 23.5 Å². The van der Waals surface area contributed by atoms with E-state index in [1.54, 1.807) is 11.3 Å². The maximum Gasteiger partial charge on any atom is 0.0452 e. The van der Waals surface area contributed by atoms with Gasteiger partial charge in [-0.3, -0.25) is 0 Å². The number of hydrogen-bond donors (Lipinski definition) is 2. The van der Waals surface area contributed by atoms with E-state index in [9.17, 15) is 0 Å². The molecule has 0 aliphatic carbocycles. The van der Waals surface area contributed by atoms with Gasteiger partial charge in [-0.05, 0) is 46.7 Å². The summed E-state index contributed by atoms with van der Waals surface area (Å²) in [6.45, 7) is 10.9. The maximum absolute atomic E-state index is 5.84. The van der Waals surface area contributed by atoms with Crippen molar-refractivity contribution in [1.82, 2.24) is 5.32 Å². The lowest BCUT2D eigenvalue weighted by molar-refractivity contribution is 0.266. The summed E-state index contributed by atoms with van der Waals surface area (Å²) < 4.78 is 0. The fraction of sp³-hybridized carbons (Fsp3) is 0.714. The van der Waals surface area contributed by atoms with Crippen LogP contribution in [0.25, 0.3) is 0 Å². The Balaban J connectivity index is 2.52. The minimum Gasteiger partial charge on any atom is -0.329 e. The van der Waals surface area contributed by atoms with Crippen molar-refractivity contribution in [2.75, 3.05) is 13.1 Å². The summed E-state index contributed by atoms with van der Waals surface area (Å²) in [7, 11) is 0. The average molecular weight is 254 g/mol. The summed E-state index contributed by atoms with van der Waals surface area (Å²) in [4.78, 5) is 0. The second kappa shape index (κ2) is 7.14. The minimum absolute atomic E-state index is 0.307. The van der Waals surface area contributed by atoms with Crippen molar-refractivity contribution in [3.05, 3.63) is 22.4 Å². The Morgan fingerprint density at radius 2 is 1.88 bits per heavy atom. The highest BCUT2D eigenvalue weighted by Gasteiger charge is 2.19. The van der Waals surface area contributed by atoms with Crippen LogP contribution >= 0.6 is 11.3 Å². The molecule has 1 unspecified atom stereocenters. The average Bonchev–Trinajstić information content (AvgIpc) is 2.76. The van der Waals surface area contributed by atoms with E-state index < -0.39 is 0 Å². The topological polar surface area (TPSA) is 38.0 Å². The van der Waals surface area contributed by atoms with Crippen LogP contribution in [0.15, 0.2) is 16.8 Å². The number of nitrogens with two attached hydrogens (primary N) is 1. The molecule has 3 N–H and O–H groups in total. The van der Waals surface area contributed by atoms with E-state index in [4.69, 9.17) is 5.73 Å². The van der Waals surface area contributed by atoms with Crippen LogP contribution in [-0.4, -0.2) is 13.1 Å². The third-order valence-electron chi connectivity index (χ3n) is 3.49. The number of thiophene rings is 1. The first-order chi connectivity index (χ1) is 8.06. The number of nitrogens with one attached hydrogen (secondary N) is 1. The quantitative estimate of drug-likeness (QED) is 0.784. The third kappa shape index (κ3) is 4.41. The van der Waals surface area contributed by atoms with Gasteiger partial charge in [0.1, 0.15) is 0 Å². The van der Waals surface area contributed by atoms with Gasteiger partial charge in [0.15, 0.2) is 0 Å². The molecule has 1 rings (SSSR count). The van der Waals surface area contributed by atoms with Crippen LogP contribution in [0.2, 0.25) is 0 Å². The summed E-state index contributed by atoms with van der Waals surface area (Å²) in [6.07, 6.45) is 0. The van der Waals surface area contributed by atoms with E-state index in [2.05, 4.69) is 49.8 Å². The van der Waals surface area contributed by atoms with Crippen molar-refractivity contribution >= 4 is 11.3 Å². The highest BCUT2D eigenvalue weighted by atomic mass is 32.1. The van der Waals surface area contributed by atoms with Crippen LogP contribution in [0.4, 0.5) is 0 Å². The Labute approximate surface area is 110 Å². The molecule has 0 saturated heterocycles. The normalized spacial score (nSPS) is 13.9. The van der Waals surface area contributed by atoms with Crippen molar-refractivity contribution in [2.45, 2.75) is 33.7 Å².